The molecule has 2 N–H and O–H groups in total. The molecule has 3 rings (SSSR count). The normalized spacial score (nSPS) is 19.5. The fourth-order valence-corrected chi connectivity index (χ4v) is 2.45. The van der Waals surface area contributed by atoms with Crippen LogP contribution in [0, 0.1) is 0 Å². The Hall–Kier alpha value is -2.83. The zero-order chi connectivity index (χ0) is 16.4. The molecule has 1 aromatic carbocycles. The van der Waals surface area contributed by atoms with Crippen LogP contribution in [0.15, 0.2) is 36.5 Å². The highest BCUT2D eigenvalue weighted by atomic mass is 16.5. The molecule has 0 saturated carbocycles. The van der Waals surface area contributed by atoms with Crippen molar-refractivity contribution in [3.8, 4) is 5.75 Å². The molecule has 7 nitrogen and oxygen atoms in total. The van der Waals surface area contributed by atoms with Crippen LogP contribution in [0.3, 0.4) is 0 Å². The van der Waals surface area contributed by atoms with E-state index in [9.17, 15) is 9.59 Å². The highest BCUT2D eigenvalue weighted by molar-refractivity contribution is 6.15. The highest BCUT2D eigenvalue weighted by Crippen LogP contribution is 2.33. The lowest BCUT2D eigenvalue weighted by molar-refractivity contribution is -0.146. The fourth-order valence-electron chi connectivity index (χ4n) is 2.45. The van der Waals surface area contributed by atoms with E-state index >= 15 is 0 Å². The predicted octanol–water partition coefficient (Wildman–Crippen LogP) is 1.31. The maximum absolute atomic E-state index is 12.5. The van der Waals surface area contributed by atoms with Gasteiger partial charge in [0, 0.05) is 12.7 Å². The number of fused-ring (bicyclic) bond motifs is 1. The predicted molar refractivity (Wildman–Crippen MR) is 83.9 cm³/mol. The van der Waals surface area contributed by atoms with Crippen molar-refractivity contribution in [3.05, 3.63) is 42.2 Å². The Morgan fingerprint density at radius 2 is 2.17 bits per heavy atom. The van der Waals surface area contributed by atoms with Gasteiger partial charge >= 0.3 is 0 Å². The molecule has 2 aromatic rings. The second-order valence-corrected chi connectivity index (χ2v) is 5.41. The molecule has 0 bridgehead atoms. The van der Waals surface area contributed by atoms with E-state index in [1.54, 1.807) is 35.1 Å². The first-order valence-electron chi connectivity index (χ1n) is 7.43. The second kappa shape index (κ2) is 5.75. The third-order valence-corrected chi connectivity index (χ3v) is 3.85. The van der Waals surface area contributed by atoms with Gasteiger partial charge in [-0.15, -0.1) is 0 Å². The van der Waals surface area contributed by atoms with E-state index in [0.29, 0.717) is 18.0 Å². The number of para-hydroxylation sites is 2. The Balaban J connectivity index is 1.75. The molecule has 1 atom stereocenters. The molecule has 0 radical (unpaired) electrons. The van der Waals surface area contributed by atoms with Crippen molar-refractivity contribution in [2.24, 2.45) is 0 Å². The molecule has 7 heteroatoms. The minimum Gasteiger partial charge on any atom is -0.466 e. The summed E-state index contributed by atoms with van der Waals surface area (Å²) in [6.07, 6.45) is 1.67. The molecule has 120 valence electrons. The van der Waals surface area contributed by atoms with Crippen molar-refractivity contribution in [2.45, 2.75) is 32.5 Å². The lowest BCUT2D eigenvalue weighted by Gasteiger charge is -2.33. The van der Waals surface area contributed by atoms with Gasteiger partial charge in [-0.05, 0) is 32.0 Å². The van der Waals surface area contributed by atoms with Gasteiger partial charge in [0.15, 0.2) is 0 Å². The smallest absolute Gasteiger partial charge is 0.278 e. The van der Waals surface area contributed by atoms with Crippen molar-refractivity contribution in [1.29, 1.82) is 0 Å². The van der Waals surface area contributed by atoms with Gasteiger partial charge in [-0.25, -0.2) is 0 Å². The number of amides is 2. The average molecular weight is 314 g/mol. The standard InChI is InChI=1S/C16H18N4O3/c1-3-20-11(8-9-18-20)10-17-14(21)16(2)15(22)19-12-6-4-5-7-13(12)23-16/h4-9H,3,10H2,1-2H3,(H,17,21)(H,19,22). The van der Waals surface area contributed by atoms with Crippen LogP contribution >= 0.6 is 0 Å². The Kier molecular flexibility index (Phi) is 3.77. The molecule has 23 heavy (non-hydrogen) atoms. The number of aryl methyl sites for hydroxylation is 1. The summed E-state index contributed by atoms with van der Waals surface area (Å²) in [5, 5.41) is 9.59. The lowest BCUT2D eigenvalue weighted by atomic mass is 10.0. The van der Waals surface area contributed by atoms with Crippen LogP contribution in [0.25, 0.3) is 0 Å². The fraction of sp³-hybridized carbons (Fsp3) is 0.312. The van der Waals surface area contributed by atoms with Crippen LogP contribution in [0.2, 0.25) is 0 Å². The molecule has 1 aliphatic rings. The topological polar surface area (TPSA) is 85.2 Å². The summed E-state index contributed by atoms with van der Waals surface area (Å²) in [5.41, 5.74) is -0.182. The van der Waals surface area contributed by atoms with Crippen LogP contribution < -0.4 is 15.4 Å². The van der Waals surface area contributed by atoms with Gasteiger partial charge in [0.25, 0.3) is 17.4 Å². The molecular formula is C16H18N4O3. The summed E-state index contributed by atoms with van der Waals surface area (Å²) < 4.78 is 7.45. The summed E-state index contributed by atoms with van der Waals surface area (Å²) in [4.78, 5) is 24.8. The second-order valence-electron chi connectivity index (χ2n) is 5.41. The van der Waals surface area contributed by atoms with E-state index in [1.165, 1.54) is 6.92 Å². The lowest BCUT2D eigenvalue weighted by Crippen LogP contribution is -2.58. The summed E-state index contributed by atoms with van der Waals surface area (Å²) in [6, 6.07) is 8.84. The molecule has 1 unspecified atom stereocenters. The van der Waals surface area contributed by atoms with E-state index < -0.39 is 17.4 Å². The van der Waals surface area contributed by atoms with Crippen LogP contribution in [0.5, 0.6) is 5.75 Å². The zero-order valence-corrected chi connectivity index (χ0v) is 13.0. The molecule has 0 fully saturated rings. The first-order chi connectivity index (χ1) is 11.0. The van der Waals surface area contributed by atoms with Gasteiger partial charge in [0.05, 0.1) is 17.9 Å². The van der Waals surface area contributed by atoms with Crippen molar-refractivity contribution in [2.75, 3.05) is 5.32 Å². The van der Waals surface area contributed by atoms with Gasteiger partial charge in [-0.1, -0.05) is 12.1 Å². The number of carbonyl (C=O) groups excluding carboxylic acids is 2. The molecular weight excluding hydrogens is 296 g/mol. The largest absolute Gasteiger partial charge is 0.466 e. The Morgan fingerprint density at radius 1 is 1.39 bits per heavy atom. The molecule has 0 aliphatic carbocycles. The van der Waals surface area contributed by atoms with Crippen molar-refractivity contribution in [1.82, 2.24) is 15.1 Å². The van der Waals surface area contributed by atoms with Crippen LogP contribution in [0.4, 0.5) is 5.69 Å². The minimum absolute atomic E-state index is 0.278. The van der Waals surface area contributed by atoms with Crippen LogP contribution in [-0.4, -0.2) is 27.2 Å². The number of rotatable bonds is 4. The zero-order valence-electron chi connectivity index (χ0n) is 13.0. The van der Waals surface area contributed by atoms with Gasteiger partial charge < -0.3 is 15.4 Å². The maximum Gasteiger partial charge on any atom is 0.278 e. The minimum atomic E-state index is -1.61. The van der Waals surface area contributed by atoms with E-state index in [1.807, 2.05) is 13.0 Å². The number of anilines is 1. The first-order valence-corrected chi connectivity index (χ1v) is 7.43. The monoisotopic (exact) mass is 314 g/mol. The van der Waals surface area contributed by atoms with Gasteiger partial charge in [0.1, 0.15) is 5.75 Å². The number of hydrogen-bond acceptors (Lipinski definition) is 4. The first kappa shape index (κ1) is 15.1. The molecule has 2 amide bonds. The Bertz CT molecular complexity index is 755. The highest BCUT2D eigenvalue weighted by Gasteiger charge is 2.47. The van der Waals surface area contributed by atoms with E-state index in [4.69, 9.17) is 4.74 Å². The third-order valence-electron chi connectivity index (χ3n) is 3.85. The van der Waals surface area contributed by atoms with E-state index in [2.05, 4.69) is 15.7 Å². The number of nitrogens with zero attached hydrogens (tertiary/aromatic N) is 2. The Labute approximate surface area is 133 Å². The summed E-state index contributed by atoms with van der Waals surface area (Å²) in [5.74, 6) is -0.505. The Morgan fingerprint density at radius 3 is 2.96 bits per heavy atom. The molecule has 1 aromatic heterocycles. The van der Waals surface area contributed by atoms with Gasteiger partial charge in [0.2, 0.25) is 0 Å². The van der Waals surface area contributed by atoms with Gasteiger partial charge in [-0.2, -0.15) is 5.10 Å². The number of nitrogens with one attached hydrogen (secondary N) is 2. The van der Waals surface area contributed by atoms with Crippen LogP contribution in [-0.2, 0) is 22.7 Å². The van der Waals surface area contributed by atoms with E-state index in [-0.39, 0.29) is 6.54 Å². The molecule has 1 aliphatic heterocycles. The van der Waals surface area contributed by atoms with Crippen molar-refractivity contribution >= 4 is 17.5 Å². The summed E-state index contributed by atoms with van der Waals surface area (Å²) in [7, 11) is 0. The molecule has 0 saturated heterocycles. The van der Waals surface area contributed by atoms with Crippen molar-refractivity contribution in [3.63, 3.8) is 0 Å². The van der Waals surface area contributed by atoms with Crippen LogP contribution in [0.1, 0.15) is 19.5 Å². The third kappa shape index (κ3) is 2.65. The molecule has 2 heterocycles. The number of hydrogen-bond donors (Lipinski definition) is 2. The quantitative estimate of drug-likeness (QED) is 0.833. The van der Waals surface area contributed by atoms with Crippen molar-refractivity contribution < 1.29 is 14.3 Å². The summed E-state index contributed by atoms with van der Waals surface area (Å²) in [6.45, 7) is 4.42. The number of aromatic nitrogens is 2. The number of carbonyl (C=O) groups is 2. The van der Waals surface area contributed by atoms with E-state index in [0.717, 1.165) is 5.69 Å². The maximum atomic E-state index is 12.5. The summed E-state index contributed by atoms with van der Waals surface area (Å²) >= 11 is 0. The average Bonchev–Trinajstić information content (AvgIpc) is 3.01. The molecule has 0 spiro atoms. The van der Waals surface area contributed by atoms with Gasteiger partial charge in [-0.3, -0.25) is 14.3 Å². The number of benzene rings is 1. The number of ether oxygens (including phenoxy) is 1. The SMILES string of the molecule is CCn1nccc1CNC(=O)C1(C)Oc2ccccc2NC1=O.